The van der Waals surface area contributed by atoms with Gasteiger partial charge in [-0.3, -0.25) is 0 Å². The van der Waals surface area contributed by atoms with Crippen molar-refractivity contribution in [1.82, 2.24) is 0 Å². The van der Waals surface area contributed by atoms with Crippen molar-refractivity contribution in [3.8, 4) is 0 Å². The molecule has 0 aliphatic heterocycles. The van der Waals surface area contributed by atoms with Crippen LogP contribution in [-0.4, -0.2) is 38.9 Å². The van der Waals surface area contributed by atoms with E-state index in [2.05, 4.69) is 38.7 Å². The van der Waals surface area contributed by atoms with Crippen molar-refractivity contribution in [3.05, 3.63) is 0 Å². The molecule has 0 amide bonds. The fourth-order valence-corrected chi connectivity index (χ4v) is 29.4. The topological polar surface area (TPSA) is 18.5 Å². The van der Waals surface area contributed by atoms with Gasteiger partial charge in [-0.25, -0.2) is 0 Å². The Labute approximate surface area is 161 Å². The van der Waals surface area contributed by atoms with Crippen molar-refractivity contribution in [2.75, 3.05) is 38.9 Å². The van der Waals surface area contributed by atoms with E-state index < -0.39 is 11.5 Å². The minimum atomic E-state index is -2.22. The predicted octanol–water partition coefficient (Wildman–Crippen LogP) is 7.91. The van der Waals surface area contributed by atoms with Gasteiger partial charge >= 0.3 is 161 Å². The van der Waals surface area contributed by atoms with E-state index in [1.54, 1.807) is 14.2 Å². The molecule has 0 radical (unpaired) electrons. The molecule has 0 aromatic rings. The van der Waals surface area contributed by atoms with Gasteiger partial charge in [0.05, 0.1) is 0 Å². The molecule has 24 heavy (non-hydrogen) atoms. The molecule has 0 rings (SSSR count). The zero-order valence-corrected chi connectivity index (χ0v) is 20.4. The summed E-state index contributed by atoms with van der Waals surface area (Å²) in [5, 5.41) is 0. The van der Waals surface area contributed by atoms with Crippen molar-refractivity contribution >= 4 is 34.3 Å². The molecule has 0 fully saturated rings. The first-order chi connectivity index (χ1) is 11.4. The Balaban J connectivity index is 5.95. The van der Waals surface area contributed by atoms with Gasteiger partial charge < -0.3 is 0 Å². The normalized spacial score (nSPS) is 14.5. The SMILES string of the molecule is CCCCP(CCCC)(CCCC)(CCCC)SP(=S)(OC)OC. The summed E-state index contributed by atoms with van der Waals surface area (Å²) in [5.41, 5.74) is -2.22. The Morgan fingerprint density at radius 3 is 1.21 bits per heavy atom. The van der Waals surface area contributed by atoms with Crippen LogP contribution in [0.4, 0.5) is 0 Å². The third-order valence-electron chi connectivity index (χ3n) is 5.09. The van der Waals surface area contributed by atoms with E-state index in [1.807, 2.05) is 0 Å². The Hall–Kier alpha value is 1.35. The average molecular weight is 417 g/mol. The van der Waals surface area contributed by atoms with Gasteiger partial charge in [0.25, 0.3) is 0 Å². The first-order valence-electron chi connectivity index (χ1n) is 9.82. The maximum absolute atomic E-state index is 5.89. The zero-order valence-electron chi connectivity index (χ0n) is 17.0. The van der Waals surface area contributed by atoms with E-state index >= 15 is 0 Å². The molecule has 6 heteroatoms. The molecule has 0 N–H and O–H groups in total. The van der Waals surface area contributed by atoms with Gasteiger partial charge in [-0.2, -0.15) is 0 Å². The summed E-state index contributed by atoms with van der Waals surface area (Å²) < 4.78 is 11.6. The van der Waals surface area contributed by atoms with Gasteiger partial charge in [0, 0.05) is 0 Å². The van der Waals surface area contributed by atoms with E-state index in [1.165, 1.54) is 76.0 Å². The molecule has 0 aromatic heterocycles. The van der Waals surface area contributed by atoms with Crippen LogP contribution in [0.2, 0.25) is 0 Å². The molecule has 0 atom stereocenters. The number of hydrogen-bond donors (Lipinski definition) is 0. The van der Waals surface area contributed by atoms with Crippen LogP contribution in [0.25, 0.3) is 0 Å². The Kier molecular flexibility index (Phi) is 13.4. The molecule has 0 saturated heterocycles. The maximum atomic E-state index is 5.89. The van der Waals surface area contributed by atoms with Gasteiger partial charge in [-0.1, -0.05) is 0 Å². The fraction of sp³-hybridized carbons (Fsp3) is 1.00. The molecule has 0 unspecified atom stereocenters. The molecule has 148 valence electrons. The summed E-state index contributed by atoms with van der Waals surface area (Å²) in [5.74, 6) is -1.99. The van der Waals surface area contributed by atoms with Gasteiger partial charge in [0.1, 0.15) is 0 Å². The van der Waals surface area contributed by atoms with Crippen molar-refractivity contribution in [2.45, 2.75) is 79.1 Å². The zero-order chi connectivity index (χ0) is 18.6. The second-order valence-electron chi connectivity index (χ2n) is 7.06. The van der Waals surface area contributed by atoms with E-state index in [9.17, 15) is 0 Å². The van der Waals surface area contributed by atoms with Crippen molar-refractivity contribution in [2.24, 2.45) is 0 Å². The van der Waals surface area contributed by atoms with Crippen LogP contribution < -0.4 is 0 Å². The number of rotatable bonds is 16. The van der Waals surface area contributed by atoms with Crippen LogP contribution >= 0.6 is 22.5 Å². The van der Waals surface area contributed by atoms with Gasteiger partial charge in [-0.15, -0.1) is 0 Å². The van der Waals surface area contributed by atoms with Crippen LogP contribution in [0.1, 0.15) is 79.1 Å². The molecule has 0 saturated carbocycles. The second-order valence-corrected chi connectivity index (χ2v) is 23.0. The van der Waals surface area contributed by atoms with Crippen LogP contribution in [0.15, 0.2) is 0 Å². The summed E-state index contributed by atoms with van der Waals surface area (Å²) in [4.78, 5) is 0. The molecular weight excluding hydrogens is 374 g/mol. The quantitative estimate of drug-likeness (QED) is 0.238. The second kappa shape index (κ2) is 12.7. The van der Waals surface area contributed by atoms with Gasteiger partial charge in [-0.05, 0) is 0 Å². The molecule has 0 spiro atoms. The summed E-state index contributed by atoms with van der Waals surface area (Å²) >= 11 is 7.95. The standard InChI is InChI=1S/C18H42O2P2S2/c1-7-11-15-22(16-12-8-2,17-13-9-3,18-14-10-4)24-21(23,19-5)20-6/h7-18H2,1-6H3. The van der Waals surface area contributed by atoms with Crippen molar-refractivity contribution < 1.29 is 9.05 Å². The predicted molar refractivity (Wildman–Crippen MR) is 122 cm³/mol. The third kappa shape index (κ3) is 7.93. The number of hydrogen-bond acceptors (Lipinski definition) is 4. The van der Waals surface area contributed by atoms with E-state index in [0.717, 1.165) is 0 Å². The van der Waals surface area contributed by atoms with Crippen LogP contribution in [-0.2, 0) is 20.9 Å². The molecule has 0 bridgehead atoms. The van der Waals surface area contributed by atoms with Crippen LogP contribution in [0.5, 0.6) is 0 Å². The molecule has 0 heterocycles. The minimum absolute atomic E-state index is 1.27. The van der Waals surface area contributed by atoms with Gasteiger partial charge in [0.2, 0.25) is 0 Å². The molecule has 0 aliphatic carbocycles. The van der Waals surface area contributed by atoms with E-state index in [0.29, 0.717) is 0 Å². The van der Waals surface area contributed by atoms with E-state index in [4.69, 9.17) is 20.9 Å². The monoisotopic (exact) mass is 416 g/mol. The molecule has 2 nitrogen and oxygen atoms in total. The Morgan fingerprint density at radius 1 is 0.708 bits per heavy atom. The van der Waals surface area contributed by atoms with Crippen LogP contribution in [0, 0.1) is 0 Å². The van der Waals surface area contributed by atoms with Gasteiger partial charge in [0.15, 0.2) is 0 Å². The van der Waals surface area contributed by atoms with Crippen molar-refractivity contribution in [1.29, 1.82) is 0 Å². The fourth-order valence-electron chi connectivity index (χ4n) is 3.49. The summed E-state index contributed by atoms with van der Waals surface area (Å²) in [7, 11) is 3.50. The Morgan fingerprint density at radius 2 is 1.00 bits per heavy atom. The molecular formula is C18H42O2P2S2. The van der Waals surface area contributed by atoms with Crippen LogP contribution in [0.3, 0.4) is 0 Å². The molecule has 0 aliphatic rings. The summed E-state index contributed by atoms with van der Waals surface area (Å²) in [6.45, 7) is 9.27. The average Bonchev–Trinajstić information content (AvgIpc) is 2.62. The first-order valence-corrected chi connectivity index (χ1v) is 17.5. The first kappa shape index (κ1) is 25.4. The number of unbranched alkanes of at least 4 members (excludes halogenated alkanes) is 4. The third-order valence-corrected chi connectivity index (χ3v) is 26.2. The summed E-state index contributed by atoms with van der Waals surface area (Å²) in [6, 6.07) is 0. The van der Waals surface area contributed by atoms with E-state index in [-0.39, 0.29) is 0 Å². The molecule has 0 aromatic carbocycles. The Bertz CT molecular complexity index is 327. The van der Waals surface area contributed by atoms with Crippen molar-refractivity contribution in [3.63, 3.8) is 0 Å². The summed E-state index contributed by atoms with van der Waals surface area (Å²) in [6.07, 6.45) is 15.9.